The van der Waals surface area contributed by atoms with Gasteiger partial charge in [0.05, 0.1) is 25.1 Å². The molecule has 0 unspecified atom stereocenters. The van der Waals surface area contributed by atoms with E-state index in [1.807, 2.05) is 141 Å². The molecule has 1 aromatic carbocycles. The van der Waals surface area contributed by atoms with Crippen LogP contribution in [-0.4, -0.2) is 66.6 Å². The SMILES string of the molecule is [2H]C([2H])([2H])n1c2ncccc2n2c3[n+](cc12)Cc1cccnc1-3.c1ccc(-n2c3[n+](c4c2nc2ccccn24)Cc2cccnc2-3)cc1.c1cnc2c(c1)C[n+]1c-2oc2nc3ccccn3c21.c1cnc2c(c1)C[n+]1c-2sc2nc3ccccn3c21. The number of rotatable bonds is 1. The number of fused-ring (bicyclic) bond motifs is 28. The number of pyridine rings is 8. The zero-order valence-electron chi connectivity index (χ0n) is 46.7. The second kappa shape index (κ2) is 17.4. The summed E-state index contributed by atoms with van der Waals surface area (Å²) >= 11 is 1.72. The van der Waals surface area contributed by atoms with E-state index in [2.05, 4.69) is 117 Å². The van der Waals surface area contributed by atoms with Crippen molar-refractivity contribution in [1.29, 1.82) is 0 Å². The molecule has 20 heteroatoms. The van der Waals surface area contributed by atoms with Crippen LogP contribution in [0, 0.1) is 0 Å². The molecule has 17 aromatic rings. The summed E-state index contributed by atoms with van der Waals surface area (Å²) in [5.41, 5.74) is 19.5. The fraction of sp³-hybridized carbons (Fsp3) is 0.0794. The predicted octanol–water partition coefficient (Wildman–Crippen LogP) is 8.58. The third-order valence-corrected chi connectivity index (χ3v) is 17.0. The van der Waals surface area contributed by atoms with Crippen LogP contribution in [-0.2, 0) is 33.2 Å². The molecule has 4 aliphatic heterocycles. The summed E-state index contributed by atoms with van der Waals surface area (Å²) < 4.78 is 50.2. The number of aromatic nitrogens is 18. The number of oxazole rings is 1. The Morgan fingerprint density at radius 2 is 1.07 bits per heavy atom. The third kappa shape index (κ3) is 6.65. The van der Waals surface area contributed by atoms with Crippen LogP contribution in [0.4, 0.5) is 0 Å². The van der Waals surface area contributed by atoms with Gasteiger partial charge in [0.25, 0.3) is 17.1 Å². The van der Waals surface area contributed by atoms with Crippen molar-refractivity contribution < 1.29 is 26.8 Å². The molecule has 0 amide bonds. The Morgan fingerprint density at radius 3 is 1.82 bits per heavy atom. The third-order valence-electron chi connectivity index (χ3n) is 15.9. The highest BCUT2D eigenvalue weighted by Crippen LogP contribution is 2.36. The van der Waals surface area contributed by atoms with Crippen molar-refractivity contribution in [3.05, 3.63) is 224 Å². The normalized spacial score (nSPS) is 13.6. The molecule has 4 aliphatic rings. The van der Waals surface area contributed by atoms with Crippen molar-refractivity contribution in [1.82, 2.24) is 66.6 Å². The lowest BCUT2D eigenvalue weighted by molar-refractivity contribution is -0.670. The van der Waals surface area contributed by atoms with Gasteiger partial charge in [-0.15, -0.1) is 0 Å². The first-order valence-corrected chi connectivity index (χ1v) is 27.9. The maximum absolute atomic E-state index is 7.87. The number of hydrogen-bond donors (Lipinski definition) is 0. The minimum Gasteiger partial charge on any atom is -0.394 e. The molecule has 20 heterocycles. The highest BCUT2D eigenvalue weighted by atomic mass is 32.1. The molecule has 394 valence electrons. The smallest absolute Gasteiger partial charge is 0.355 e. The molecular weight excluding hydrogens is 1060 g/mol. The van der Waals surface area contributed by atoms with Crippen molar-refractivity contribution in [3.8, 4) is 51.0 Å². The Morgan fingerprint density at radius 1 is 0.494 bits per heavy atom. The van der Waals surface area contributed by atoms with E-state index >= 15 is 0 Å². The molecule has 0 aliphatic carbocycles. The first-order valence-electron chi connectivity index (χ1n) is 28.5. The van der Waals surface area contributed by atoms with Crippen LogP contribution in [0.5, 0.6) is 0 Å². The molecule has 0 bridgehead atoms. The Bertz CT molecular complexity index is 5490. The minimum atomic E-state index is -2.29. The van der Waals surface area contributed by atoms with Gasteiger partial charge in [0.15, 0.2) is 34.4 Å². The van der Waals surface area contributed by atoms with Crippen LogP contribution in [0.2, 0.25) is 0 Å². The first kappa shape index (κ1) is 42.8. The lowest BCUT2D eigenvalue weighted by atomic mass is 10.2. The van der Waals surface area contributed by atoms with E-state index in [1.165, 1.54) is 31.9 Å². The maximum atomic E-state index is 7.87. The van der Waals surface area contributed by atoms with Crippen molar-refractivity contribution in [2.45, 2.75) is 26.2 Å². The van der Waals surface area contributed by atoms with Crippen LogP contribution in [0.3, 0.4) is 0 Å². The molecule has 19 nitrogen and oxygen atoms in total. The van der Waals surface area contributed by atoms with E-state index in [4.69, 9.17) is 13.5 Å². The molecule has 16 aromatic heterocycles. The van der Waals surface area contributed by atoms with Gasteiger partial charge in [0.2, 0.25) is 26.8 Å². The largest absolute Gasteiger partial charge is 0.394 e. The van der Waals surface area contributed by atoms with Crippen LogP contribution in [0.25, 0.3) is 118 Å². The van der Waals surface area contributed by atoms with Gasteiger partial charge in [-0.05, 0) is 72.8 Å². The lowest BCUT2D eigenvalue weighted by Crippen LogP contribution is -2.32. The molecule has 0 saturated carbocycles. The molecule has 0 fully saturated rings. The van der Waals surface area contributed by atoms with Gasteiger partial charge in [-0.3, -0.25) is 9.55 Å². The second-order valence-electron chi connectivity index (χ2n) is 20.6. The molecule has 83 heavy (non-hydrogen) atoms. The van der Waals surface area contributed by atoms with Gasteiger partial charge < -0.3 is 4.42 Å². The topological polar surface area (TPSA) is 159 Å². The summed E-state index contributed by atoms with van der Waals surface area (Å²) in [5, 5.41) is 1.21. The second-order valence-corrected chi connectivity index (χ2v) is 21.6. The molecule has 0 saturated heterocycles. The van der Waals surface area contributed by atoms with E-state index in [0.29, 0.717) is 23.6 Å². The zero-order valence-corrected chi connectivity index (χ0v) is 44.6. The summed E-state index contributed by atoms with van der Waals surface area (Å²) in [4.78, 5) is 37.5. The number of thiazole rings is 1. The van der Waals surface area contributed by atoms with E-state index in [1.54, 1.807) is 29.9 Å². The zero-order chi connectivity index (χ0) is 56.9. The average Bonchev–Trinajstić information content (AvgIpc) is 1.61. The van der Waals surface area contributed by atoms with Gasteiger partial charge in [-0.1, -0.05) is 72.0 Å². The van der Waals surface area contributed by atoms with E-state index in [0.717, 1.165) is 115 Å². The molecule has 0 radical (unpaired) electrons. The summed E-state index contributed by atoms with van der Waals surface area (Å²) in [6, 6.07) is 48.6. The Hall–Kier alpha value is -11.1. The highest BCUT2D eigenvalue weighted by Gasteiger charge is 2.39. The first-order chi connectivity index (χ1) is 42.3. The van der Waals surface area contributed by atoms with Crippen molar-refractivity contribution in [2.75, 3.05) is 0 Å². The fourth-order valence-electron chi connectivity index (χ4n) is 12.4. The summed E-state index contributed by atoms with van der Waals surface area (Å²) in [5.74, 6) is 2.79. The van der Waals surface area contributed by atoms with Gasteiger partial charge in [-0.25, -0.2) is 42.6 Å². The maximum Gasteiger partial charge on any atom is 0.355 e. The van der Waals surface area contributed by atoms with Gasteiger partial charge in [-0.2, -0.15) is 32.7 Å². The van der Waals surface area contributed by atoms with Crippen molar-refractivity contribution in [3.63, 3.8) is 0 Å². The molecule has 0 spiro atoms. The molecule has 0 atom stereocenters. The average molecular weight is 1100 g/mol. The van der Waals surface area contributed by atoms with Crippen molar-refractivity contribution in [2.24, 2.45) is 6.98 Å². The van der Waals surface area contributed by atoms with Crippen molar-refractivity contribution >= 4 is 78.2 Å². The highest BCUT2D eigenvalue weighted by molar-refractivity contribution is 7.20. The van der Waals surface area contributed by atoms with Crippen LogP contribution in [0.15, 0.2) is 206 Å². The fourth-order valence-corrected chi connectivity index (χ4v) is 13.6. The Labute approximate surface area is 477 Å². The van der Waals surface area contributed by atoms with E-state index in [9.17, 15) is 0 Å². The summed E-state index contributed by atoms with van der Waals surface area (Å²) in [6.07, 6.45) is 16.9. The molecule has 0 N–H and O–H groups in total. The standard InChI is InChI=1S/C20H14N5.C15H12N5.C14H9N4O.C14H9N4S/c1-2-8-15(9-3-1)25-18-20(23-12-5-4-10-16(23)22-18)24-13-14-7-6-11-21-17(14)19(24)25;1-18-12-9-19-8-10-4-2-6-16-13(10)15(19)20(12)11-5-3-7-17-14(11)18;2*1-2-7-17-10(5-1)16-12-13(17)18-8-9-4-3-6-15-11(9)14(18)19-12/h1-12H,13H2;2-7,9H,8H2,1H3;2*1-7H,8H2/q4*+1/i;1D3;;. The minimum absolute atomic E-state index is 0.454. The lowest BCUT2D eigenvalue weighted by Gasteiger charge is -2.02. The number of nitrogens with zero attached hydrogens (tertiary/aromatic N) is 18. The Balaban J connectivity index is 0.0000000871. The Kier molecular flexibility index (Phi) is 8.99. The van der Waals surface area contributed by atoms with Crippen LogP contribution in [0.1, 0.15) is 26.4 Å². The predicted molar refractivity (Wildman–Crippen MR) is 309 cm³/mol. The van der Waals surface area contributed by atoms with Gasteiger partial charge in [0, 0.05) is 76.5 Å². The van der Waals surface area contributed by atoms with E-state index in [-0.39, 0.29) is 0 Å². The number of benzene rings is 1. The number of para-hydroxylation sites is 1. The number of imidazole rings is 6. The monoisotopic (exact) mass is 1100 g/mol. The molecule has 21 rings (SSSR count). The number of hydrogen-bond acceptors (Lipinski definition) is 10. The summed E-state index contributed by atoms with van der Waals surface area (Å²) in [6.45, 7) is 0.896. The van der Waals surface area contributed by atoms with E-state index < -0.39 is 6.98 Å². The number of aryl methyl sites for hydroxylation is 1. The van der Waals surface area contributed by atoms with Gasteiger partial charge in [0.1, 0.15) is 36.7 Å². The van der Waals surface area contributed by atoms with Gasteiger partial charge >= 0.3 is 28.7 Å². The summed E-state index contributed by atoms with van der Waals surface area (Å²) in [7, 11) is 0. The van der Waals surface area contributed by atoms with Crippen LogP contribution >= 0.6 is 11.3 Å². The molecular formula is C63H44N18OS+4. The quantitative estimate of drug-likeness (QED) is 0.147. The van der Waals surface area contributed by atoms with Crippen LogP contribution < -0.4 is 18.3 Å².